The molecule has 1 fully saturated rings. The molecular formula is C18H24N4O4. The molecule has 3 atom stereocenters. The topological polar surface area (TPSA) is 111 Å². The molecule has 3 N–H and O–H groups in total. The third-order valence-corrected chi connectivity index (χ3v) is 4.81. The highest BCUT2D eigenvalue weighted by atomic mass is 16.5. The van der Waals surface area contributed by atoms with Gasteiger partial charge in [-0.2, -0.15) is 0 Å². The van der Waals surface area contributed by atoms with E-state index in [0.29, 0.717) is 23.7 Å². The SMILES string of the molecule is COc1ccc2ncc(OC(C)N3CCCC(CO)C3C(N)=O)nc2c1. The molecule has 8 nitrogen and oxygen atoms in total. The highest BCUT2D eigenvalue weighted by molar-refractivity contribution is 5.80. The van der Waals surface area contributed by atoms with Gasteiger partial charge < -0.3 is 20.3 Å². The number of primary amides is 1. The van der Waals surface area contributed by atoms with Gasteiger partial charge in [0, 0.05) is 25.1 Å². The second-order valence-electron chi connectivity index (χ2n) is 6.45. The van der Waals surface area contributed by atoms with Crippen molar-refractivity contribution < 1.29 is 19.4 Å². The van der Waals surface area contributed by atoms with Crippen LogP contribution in [0.1, 0.15) is 19.8 Å². The summed E-state index contributed by atoms with van der Waals surface area (Å²) in [5, 5.41) is 9.56. The van der Waals surface area contributed by atoms with Crippen molar-refractivity contribution in [3.05, 3.63) is 24.4 Å². The number of piperidine rings is 1. The van der Waals surface area contributed by atoms with E-state index in [4.69, 9.17) is 15.2 Å². The molecule has 1 aliphatic rings. The van der Waals surface area contributed by atoms with E-state index in [1.165, 1.54) is 0 Å². The predicted molar refractivity (Wildman–Crippen MR) is 95.7 cm³/mol. The quantitative estimate of drug-likeness (QED) is 0.788. The van der Waals surface area contributed by atoms with Gasteiger partial charge in [0.2, 0.25) is 11.8 Å². The number of aliphatic hydroxyl groups excluding tert-OH is 1. The van der Waals surface area contributed by atoms with Gasteiger partial charge in [-0.1, -0.05) is 0 Å². The monoisotopic (exact) mass is 360 g/mol. The van der Waals surface area contributed by atoms with Gasteiger partial charge in [-0.3, -0.25) is 9.69 Å². The Labute approximate surface area is 151 Å². The number of nitrogens with zero attached hydrogens (tertiary/aromatic N) is 3. The molecule has 0 bridgehead atoms. The maximum Gasteiger partial charge on any atom is 0.235 e. The first kappa shape index (κ1) is 18.3. The van der Waals surface area contributed by atoms with Crippen molar-refractivity contribution in [3.63, 3.8) is 0 Å². The zero-order valence-corrected chi connectivity index (χ0v) is 15.0. The molecule has 0 saturated carbocycles. The zero-order chi connectivity index (χ0) is 18.7. The first-order chi connectivity index (χ1) is 12.5. The number of ether oxygens (including phenoxy) is 2. The van der Waals surface area contributed by atoms with Crippen LogP contribution in [0.4, 0.5) is 0 Å². The van der Waals surface area contributed by atoms with E-state index in [0.717, 1.165) is 18.4 Å². The molecule has 1 saturated heterocycles. The van der Waals surface area contributed by atoms with Crippen LogP contribution < -0.4 is 15.2 Å². The van der Waals surface area contributed by atoms with Crippen LogP contribution in [-0.4, -0.2) is 58.4 Å². The van der Waals surface area contributed by atoms with E-state index in [1.807, 2.05) is 24.0 Å². The van der Waals surface area contributed by atoms with E-state index in [1.54, 1.807) is 19.4 Å². The van der Waals surface area contributed by atoms with Crippen molar-refractivity contribution in [1.29, 1.82) is 0 Å². The van der Waals surface area contributed by atoms with E-state index in [-0.39, 0.29) is 12.5 Å². The molecule has 1 aliphatic heterocycles. The van der Waals surface area contributed by atoms with Gasteiger partial charge in [-0.15, -0.1) is 0 Å². The molecule has 1 amide bonds. The lowest BCUT2D eigenvalue weighted by Gasteiger charge is -2.41. The lowest BCUT2D eigenvalue weighted by atomic mass is 9.89. The van der Waals surface area contributed by atoms with Gasteiger partial charge in [0.1, 0.15) is 5.75 Å². The first-order valence-electron chi connectivity index (χ1n) is 8.67. The van der Waals surface area contributed by atoms with Crippen molar-refractivity contribution in [3.8, 4) is 11.6 Å². The molecule has 26 heavy (non-hydrogen) atoms. The number of fused-ring (bicyclic) bond motifs is 1. The third kappa shape index (κ3) is 3.71. The van der Waals surface area contributed by atoms with E-state index >= 15 is 0 Å². The fraction of sp³-hybridized carbons (Fsp3) is 0.500. The van der Waals surface area contributed by atoms with Crippen LogP contribution in [0.2, 0.25) is 0 Å². The lowest BCUT2D eigenvalue weighted by Crippen LogP contribution is -2.57. The van der Waals surface area contributed by atoms with Gasteiger partial charge in [-0.05, 0) is 31.9 Å². The summed E-state index contributed by atoms with van der Waals surface area (Å²) in [5.41, 5.74) is 6.97. The van der Waals surface area contributed by atoms with Gasteiger partial charge in [0.25, 0.3) is 0 Å². The van der Waals surface area contributed by atoms with Crippen LogP contribution in [0.15, 0.2) is 24.4 Å². The van der Waals surface area contributed by atoms with Crippen LogP contribution in [0, 0.1) is 5.92 Å². The molecule has 3 rings (SSSR count). The molecular weight excluding hydrogens is 336 g/mol. The summed E-state index contributed by atoms with van der Waals surface area (Å²) < 4.78 is 11.1. The molecule has 0 radical (unpaired) electrons. The molecule has 1 aromatic heterocycles. The Morgan fingerprint density at radius 2 is 2.27 bits per heavy atom. The summed E-state index contributed by atoms with van der Waals surface area (Å²) in [5.74, 6) is 0.410. The van der Waals surface area contributed by atoms with Crippen molar-refractivity contribution in [2.45, 2.75) is 32.0 Å². The maximum atomic E-state index is 11.9. The Morgan fingerprint density at radius 1 is 1.46 bits per heavy atom. The Bertz CT molecular complexity index is 785. The standard InChI is InChI=1S/C18H24N4O4/c1-11(22-7-3-4-12(10-23)17(22)18(19)24)26-16-9-20-14-6-5-13(25-2)8-15(14)21-16/h5-6,8-9,11-12,17,23H,3-4,7,10H2,1-2H3,(H2,19,24). The van der Waals surface area contributed by atoms with Gasteiger partial charge >= 0.3 is 0 Å². The molecule has 3 unspecified atom stereocenters. The Hall–Kier alpha value is -2.45. The first-order valence-corrected chi connectivity index (χ1v) is 8.67. The molecule has 0 spiro atoms. The largest absolute Gasteiger partial charge is 0.497 e. The van der Waals surface area contributed by atoms with Crippen LogP contribution >= 0.6 is 0 Å². The number of amides is 1. The Kier molecular flexibility index (Phi) is 5.53. The number of benzene rings is 1. The van der Waals surface area contributed by atoms with E-state index in [9.17, 15) is 9.90 Å². The number of nitrogens with two attached hydrogens (primary N) is 1. The maximum absolute atomic E-state index is 11.9. The number of carbonyl (C=O) groups excluding carboxylic acids is 1. The van der Waals surface area contributed by atoms with Crippen molar-refractivity contribution in [2.24, 2.45) is 11.7 Å². The highest BCUT2D eigenvalue weighted by Gasteiger charge is 2.38. The van der Waals surface area contributed by atoms with E-state index < -0.39 is 18.2 Å². The number of carbonyl (C=O) groups is 1. The molecule has 2 aromatic rings. The van der Waals surface area contributed by atoms with Crippen LogP contribution in [-0.2, 0) is 4.79 Å². The van der Waals surface area contributed by atoms with Crippen molar-refractivity contribution >= 4 is 16.9 Å². The average molecular weight is 360 g/mol. The summed E-state index contributed by atoms with van der Waals surface area (Å²) in [6.45, 7) is 2.43. The Morgan fingerprint density at radius 3 is 2.96 bits per heavy atom. The number of hydrogen-bond donors (Lipinski definition) is 2. The normalized spacial score (nSPS) is 22.1. The minimum absolute atomic E-state index is 0.0770. The number of likely N-dealkylation sites (tertiary alicyclic amines) is 1. The summed E-state index contributed by atoms with van der Waals surface area (Å²) in [6.07, 6.45) is 2.75. The lowest BCUT2D eigenvalue weighted by molar-refractivity contribution is -0.134. The second-order valence-corrected chi connectivity index (χ2v) is 6.45. The van der Waals surface area contributed by atoms with Crippen molar-refractivity contribution in [1.82, 2.24) is 14.9 Å². The fourth-order valence-corrected chi connectivity index (χ4v) is 3.50. The van der Waals surface area contributed by atoms with Crippen LogP contribution in [0.5, 0.6) is 11.6 Å². The summed E-state index contributed by atoms with van der Waals surface area (Å²) in [4.78, 5) is 22.6. The van der Waals surface area contributed by atoms with Crippen molar-refractivity contribution in [2.75, 3.05) is 20.3 Å². The number of aliphatic hydroxyl groups is 1. The number of methoxy groups -OCH3 is 1. The highest BCUT2D eigenvalue weighted by Crippen LogP contribution is 2.27. The minimum Gasteiger partial charge on any atom is -0.497 e. The van der Waals surface area contributed by atoms with Gasteiger partial charge in [0.05, 0.1) is 30.4 Å². The molecule has 8 heteroatoms. The number of aromatic nitrogens is 2. The minimum atomic E-state index is -0.558. The third-order valence-electron chi connectivity index (χ3n) is 4.81. The average Bonchev–Trinajstić information content (AvgIpc) is 2.66. The molecule has 1 aromatic carbocycles. The summed E-state index contributed by atoms with van der Waals surface area (Å²) in [7, 11) is 1.59. The van der Waals surface area contributed by atoms with Gasteiger partial charge in [-0.25, -0.2) is 9.97 Å². The number of rotatable bonds is 6. The zero-order valence-electron chi connectivity index (χ0n) is 15.0. The molecule has 2 heterocycles. The van der Waals surface area contributed by atoms with Gasteiger partial charge in [0.15, 0.2) is 6.23 Å². The predicted octanol–water partition coefficient (Wildman–Crippen LogP) is 0.921. The summed E-state index contributed by atoms with van der Waals surface area (Å²) in [6, 6.07) is 4.88. The molecule has 0 aliphatic carbocycles. The molecule has 140 valence electrons. The Balaban J connectivity index is 1.80. The smallest absolute Gasteiger partial charge is 0.235 e. The van der Waals surface area contributed by atoms with Crippen LogP contribution in [0.25, 0.3) is 11.0 Å². The van der Waals surface area contributed by atoms with Crippen LogP contribution in [0.3, 0.4) is 0 Å². The second kappa shape index (κ2) is 7.84. The fourth-order valence-electron chi connectivity index (χ4n) is 3.50. The summed E-state index contributed by atoms with van der Waals surface area (Å²) >= 11 is 0. The number of hydrogen-bond acceptors (Lipinski definition) is 7. The van der Waals surface area contributed by atoms with E-state index in [2.05, 4.69) is 9.97 Å².